The molecule has 0 aliphatic heterocycles. The van der Waals surface area contributed by atoms with Crippen LogP contribution in [0, 0.1) is 0 Å². The Bertz CT molecular complexity index is 1900. The minimum atomic E-state index is 1.20. The lowest BCUT2D eigenvalue weighted by molar-refractivity contribution is 1.16. The number of nitrogens with zero attached hydrogens (tertiary/aromatic N) is 2. The van der Waals surface area contributed by atoms with Crippen LogP contribution in [0.1, 0.15) is 0 Å². The summed E-state index contributed by atoms with van der Waals surface area (Å²) < 4.78 is 7.54. The number of thiophene rings is 1. The van der Waals surface area contributed by atoms with E-state index in [1.165, 1.54) is 64.4 Å². The molecule has 0 aliphatic rings. The van der Waals surface area contributed by atoms with Crippen molar-refractivity contribution in [1.82, 2.24) is 9.13 Å². The summed E-state index contributed by atoms with van der Waals surface area (Å²) in [5.74, 6) is 0. The smallest absolute Gasteiger partial charge is 0.0563 e. The Balaban J connectivity index is 1.57. The van der Waals surface area contributed by atoms with E-state index >= 15 is 0 Å². The van der Waals surface area contributed by atoms with E-state index in [-0.39, 0.29) is 0 Å². The maximum absolute atomic E-state index is 2.47. The molecule has 8 aromatic rings. The van der Waals surface area contributed by atoms with E-state index in [0.29, 0.717) is 0 Å². The second kappa shape index (κ2) is 6.25. The van der Waals surface area contributed by atoms with Crippen molar-refractivity contribution in [2.24, 2.45) is 0 Å². The fourth-order valence-corrected chi connectivity index (χ4v) is 6.76. The van der Waals surface area contributed by atoms with Crippen LogP contribution in [0.5, 0.6) is 0 Å². The fraction of sp³-hybridized carbons (Fsp3) is 0. The van der Waals surface area contributed by atoms with Crippen molar-refractivity contribution < 1.29 is 0 Å². The molecule has 2 nitrogen and oxygen atoms in total. The van der Waals surface area contributed by atoms with Gasteiger partial charge < -0.3 is 9.13 Å². The zero-order valence-electron chi connectivity index (χ0n) is 17.7. The van der Waals surface area contributed by atoms with Crippen LogP contribution < -0.4 is 0 Å². The molecule has 0 saturated carbocycles. The molecule has 0 amide bonds. The van der Waals surface area contributed by atoms with Crippen molar-refractivity contribution in [2.75, 3.05) is 0 Å². The van der Waals surface area contributed by atoms with E-state index in [9.17, 15) is 0 Å². The van der Waals surface area contributed by atoms with Gasteiger partial charge >= 0.3 is 0 Å². The molecule has 0 fully saturated rings. The summed E-state index contributed by atoms with van der Waals surface area (Å²) in [6, 6.07) is 39.6. The molecule has 33 heavy (non-hydrogen) atoms. The van der Waals surface area contributed by atoms with Crippen LogP contribution in [0.2, 0.25) is 0 Å². The SMILES string of the molecule is c1ccc(-n2c3cccc4c3c3c2cccc3n4-c2cccc3sc4ccccc4c23)cc1. The van der Waals surface area contributed by atoms with Crippen molar-refractivity contribution in [2.45, 2.75) is 0 Å². The number of hydrogen-bond acceptors (Lipinski definition) is 1. The van der Waals surface area contributed by atoms with Gasteiger partial charge in [-0.3, -0.25) is 0 Å². The van der Waals surface area contributed by atoms with Gasteiger partial charge in [0.25, 0.3) is 0 Å². The highest BCUT2D eigenvalue weighted by Crippen LogP contribution is 2.44. The number of hydrogen-bond donors (Lipinski definition) is 0. The molecule has 0 aliphatic carbocycles. The van der Waals surface area contributed by atoms with Crippen molar-refractivity contribution in [3.63, 3.8) is 0 Å². The maximum atomic E-state index is 2.47. The molecule has 0 unspecified atom stereocenters. The van der Waals surface area contributed by atoms with Gasteiger partial charge in [0.1, 0.15) is 0 Å². The Kier molecular flexibility index (Phi) is 3.31. The van der Waals surface area contributed by atoms with E-state index in [2.05, 4.69) is 118 Å². The number of para-hydroxylation sites is 1. The number of benzene rings is 5. The summed E-state index contributed by atoms with van der Waals surface area (Å²) in [6.45, 7) is 0. The molecule has 0 atom stereocenters. The lowest BCUT2D eigenvalue weighted by Crippen LogP contribution is -1.98. The van der Waals surface area contributed by atoms with Gasteiger partial charge in [-0.25, -0.2) is 0 Å². The Hall–Kier alpha value is -4.08. The number of rotatable bonds is 2. The summed E-state index contributed by atoms with van der Waals surface area (Å²) in [7, 11) is 0. The zero-order valence-corrected chi connectivity index (χ0v) is 18.5. The summed E-state index contributed by atoms with van der Waals surface area (Å²) in [5, 5.41) is 5.35. The van der Waals surface area contributed by atoms with Gasteiger partial charge in [-0.1, -0.05) is 54.6 Å². The molecule has 5 aromatic carbocycles. The van der Waals surface area contributed by atoms with Crippen molar-refractivity contribution in [3.05, 3.63) is 109 Å². The molecule has 0 spiro atoms. The van der Waals surface area contributed by atoms with Gasteiger partial charge in [0, 0.05) is 36.6 Å². The Morgan fingerprint density at radius 3 is 1.73 bits per heavy atom. The number of fused-ring (bicyclic) bond motifs is 3. The Morgan fingerprint density at radius 2 is 1.00 bits per heavy atom. The molecule has 3 aromatic heterocycles. The summed E-state index contributed by atoms with van der Waals surface area (Å²) >= 11 is 1.87. The average molecular weight is 439 g/mol. The minimum Gasteiger partial charge on any atom is -0.309 e. The van der Waals surface area contributed by atoms with Crippen LogP contribution in [0.4, 0.5) is 0 Å². The van der Waals surface area contributed by atoms with Gasteiger partial charge in [0.05, 0.1) is 27.8 Å². The van der Waals surface area contributed by atoms with Gasteiger partial charge in [-0.15, -0.1) is 11.3 Å². The Labute approximate surface area is 193 Å². The molecule has 0 bridgehead atoms. The quantitative estimate of drug-likeness (QED) is 0.256. The monoisotopic (exact) mass is 438 g/mol. The lowest BCUT2D eigenvalue weighted by atomic mass is 10.1. The van der Waals surface area contributed by atoms with Gasteiger partial charge in [-0.05, 0) is 54.6 Å². The average Bonchev–Trinajstić information content (AvgIpc) is 3.52. The van der Waals surface area contributed by atoms with Crippen LogP contribution in [-0.4, -0.2) is 9.13 Å². The van der Waals surface area contributed by atoms with Gasteiger partial charge in [0.2, 0.25) is 0 Å². The van der Waals surface area contributed by atoms with Crippen LogP contribution in [0.25, 0.3) is 64.4 Å². The van der Waals surface area contributed by atoms with E-state index in [4.69, 9.17) is 0 Å². The van der Waals surface area contributed by atoms with Crippen molar-refractivity contribution in [1.29, 1.82) is 0 Å². The molecular weight excluding hydrogens is 420 g/mol. The van der Waals surface area contributed by atoms with Crippen LogP contribution in [-0.2, 0) is 0 Å². The molecular formula is C30H18N2S. The van der Waals surface area contributed by atoms with Crippen LogP contribution in [0.3, 0.4) is 0 Å². The fourth-order valence-electron chi connectivity index (χ4n) is 5.63. The zero-order chi connectivity index (χ0) is 21.5. The Morgan fingerprint density at radius 1 is 0.424 bits per heavy atom. The van der Waals surface area contributed by atoms with Crippen LogP contribution in [0.15, 0.2) is 109 Å². The van der Waals surface area contributed by atoms with Crippen LogP contribution >= 0.6 is 11.3 Å². The third-order valence-electron chi connectivity index (χ3n) is 6.89. The molecule has 3 heteroatoms. The molecule has 0 radical (unpaired) electrons. The molecule has 8 rings (SSSR count). The summed E-state index contributed by atoms with van der Waals surface area (Å²) in [6.07, 6.45) is 0. The van der Waals surface area contributed by atoms with Crippen molar-refractivity contribution in [3.8, 4) is 11.4 Å². The normalized spacial score (nSPS) is 12.2. The topological polar surface area (TPSA) is 9.86 Å². The van der Waals surface area contributed by atoms with E-state index in [1.807, 2.05) is 11.3 Å². The van der Waals surface area contributed by atoms with Crippen molar-refractivity contribution >= 4 is 64.3 Å². The predicted molar refractivity (Wildman–Crippen MR) is 142 cm³/mol. The second-order valence-electron chi connectivity index (χ2n) is 8.60. The highest BCUT2D eigenvalue weighted by Gasteiger charge is 2.23. The largest absolute Gasteiger partial charge is 0.309 e. The lowest BCUT2D eigenvalue weighted by Gasteiger charge is -2.13. The predicted octanol–water partition coefficient (Wildman–Crippen LogP) is 8.53. The van der Waals surface area contributed by atoms with E-state index < -0.39 is 0 Å². The second-order valence-corrected chi connectivity index (χ2v) is 9.68. The highest BCUT2D eigenvalue weighted by molar-refractivity contribution is 7.25. The third kappa shape index (κ3) is 2.17. The standard InChI is InChI=1S/C30H18N2S/c1-2-9-19(10-3-1)31-22-12-6-14-24-29(22)30-23(31)13-7-15-25(30)32(24)21-16-8-18-27-28(21)20-11-4-5-17-26(20)33-27/h1-18H. The van der Waals surface area contributed by atoms with Gasteiger partial charge in [0.15, 0.2) is 0 Å². The summed E-state index contributed by atoms with van der Waals surface area (Å²) in [5.41, 5.74) is 7.49. The maximum Gasteiger partial charge on any atom is 0.0563 e. The summed E-state index contributed by atoms with van der Waals surface area (Å²) in [4.78, 5) is 0. The molecule has 3 heterocycles. The number of aromatic nitrogens is 2. The first-order valence-corrected chi connectivity index (χ1v) is 12.0. The highest BCUT2D eigenvalue weighted by atomic mass is 32.1. The first-order valence-electron chi connectivity index (χ1n) is 11.2. The first-order chi connectivity index (χ1) is 16.4. The third-order valence-corrected chi connectivity index (χ3v) is 8.03. The van der Waals surface area contributed by atoms with E-state index in [0.717, 1.165) is 0 Å². The van der Waals surface area contributed by atoms with E-state index in [1.54, 1.807) is 0 Å². The first kappa shape index (κ1) is 17.5. The molecule has 0 saturated heterocycles. The molecule has 0 N–H and O–H groups in total. The van der Waals surface area contributed by atoms with Gasteiger partial charge in [-0.2, -0.15) is 0 Å². The minimum absolute atomic E-state index is 1.20. The molecule has 154 valence electrons.